The minimum Gasteiger partial charge on any atom is -0.497 e. The number of nitrogens with zero attached hydrogens (tertiary/aromatic N) is 1. The summed E-state index contributed by atoms with van der Waals surface area (Å²) < 4.78 is 5.11. The van der Waals surface area contributed by atoms with Gasteiger partial charge in [0, 0.05) is 17.6 Å². The quantitative estimate of drug-likeness (QED) is 0.865. The predicted octanol–water partition coefficient (Wildman–Crippen LogP) is 2.54. The molecule has 0 spiro atoms. The van der Waals surface area contributed by atoms with Crippen LogP contribution in [0, 0.1) is 6.92 Å². The molecule has 0 aliphatic heterocycles. The van der Waals surface area contributed by atoms with Gasteiger partial charge in [-0.25, -0.2) is 0 Å². The van der Waals surface area contributed by atoms with Gasteiger partial charge in [-0.05, 0) is 42.8 Å². The first-order valence-corrected chi connectivity index (χ1v) is 6.17. The average Bonchev–Trinajstić information content (AvgIpc) is 2.46. The molecule has 2 N–H and O–H groups in total. The van der Waals surface area contributed by atoms with E-state index in [9.17, 15) is 5.11 Å². The van der Waals surface area contributed by atoms with Crippen LogP contribution in [-0.4, -0.2) is 23.8 Å². The molecule has 2 rings (SSSR count). The summed E-state index contributed by atoms with van der Waals surface area (Å²) in [4.78, 5) is 4.25. The molecule has 1 heterocycles. The van der Waals surface area contributed by atoms with Gasteiger partial charge in [-0.15, -0.1) is 0 Å². The van der Waals surface area contributed by atoms with E-state index in [4.69, 9.17) is 4.74 Å². The molecular weight excluding hydrogens is 240 g/mol. The molecule has 2 aromatic rings. The molecule has 1 unspecified atom stereocenters. The average molecular weight is 258 g/mol. The second-order valence-electron chi connectivity index (χ2n) is 4.34. The summed E-state index contributed by atoms with van der Waals surface area (Å²) in [6.45, 7) is 1.95. The number of benzene rings is 1. The Labute approximate surface area is 113 Å². The smallest absolute Gasteiger partial charge is 0.119 e. The third kappa shape index (κ3) is 3.45. The molecule has 19 heavy (non-hydrogen) atoms. The Bertz CT molecular complexity index is 509. The molecule has 0 bridgehead atoms. The first kappa shape index (κ1) is 13.4. The number of aliphatic hydroxyl groups excluding tert-OH is 1. The SMILES string of the molecule is COc1ccc(NC(CO)c2ccc(C)nc2)cc1. The van der Waals surface area contributed by atoms with Gasteiger partial charge in [0.05, 0.1) is 19.8 Å². The van der Waals surface area contributed by atoms with Crippen molar-refractivity contribution in [2.45, 2.75) is 13.0 Å². The molecule has 1 atom stereocenters. The lowest BCUT2D eigenvalue weighted by Gasteiger charge is -2.18. The predicted molar refractivity (Wildman–Crippen MR) is 75.4 cm³/mol. The summed E-state index contributed by atoms with van der Waals surface area (Å²) in [5.41, 5.74) is 2.86. The van der Waals surface area contributed by atoms with E-state index in [1.165, 1.54) is 0 Å². The summed E-state index contributed by atoms with van der Waals surface area (Å²) in [6, 6.07) is 11.3. The van der Waals surface area contributed by atoms with E-state index < -0.39 is 0 Å². The molecule has 1 aromatic carbocycles. The van der Waals surface area contributed by atoms with Crippen LogP contribution in [0.2, 0.25) is 0 Å². The molecule has 0 fully saturated rings. The lowest BCUT2D eigenvalue weighted by Crippen LogP contribution is -2.15. The Morgan fingerprint density at radius 3 is 2.47 bits per heavy atom. The Morgan fingerprint density at radius 1 is 1.21 bits per heavy atom. The van der Waals surface area contributed by atoms with Crippen LogP contribution in [0.25, 0.3) is 0 Å². The van der Waals surface area contributed by atoms with E-state index in [0.717, 1.165) is 22.7 Å². The van der Waals surface area contributed by atoms with Crippen LogP contribution in [0.5, 0.6) is 5.75 Å². The van der Waals surface area contributed by atoms with Crippen molar-refractivity contribution in [1.82, 2.24) is 4.98 Å². The summed E-state index contributed by atoms with van der Waals surface area (Å²) in [6.07, 6.45) is 1.78. The van der Waals surface area contributed by atoms with Crippen molar-refractivity contribution in [3.8, 4) is 5.75 Å². The highest BCUT2D eigenvalue weighted by Gasteiger charge is 2.10. The van der Waals surface area contributed by atoms with Crippen molar-refractivity contribution in [3.05, 3.63) is 53.9 Å². The summed E-state index contributed by atoms with van der Waals surface area (Å²) in [7, 11) is 1.64. The highest BCUT2D eigenvalue weighted by molar-refractivity contribution is 5.48. The number of hydrogen-bond donors (Lipinski definition) is 2. The molecule has 100 valence electrons. The van der Waals surface area contributed by atoms with Crippen LogP contribution in [-0.2, 0) is 0 Å². The maximum absolute atomic E-state index is 9.50. The van der Waals surface area contributed by atoms with Gasteiger partial charge >= 0.3 is 0 Å². The van der Waals surface area contributed by atoms with Crippen molar-refractivity contribution in [3.63, 3.8) is 0 Å². The zero-order valence-electron chi connectivity index (χ0n) is 11.1. The monoisotopic (exact) mass is 258 g/mol. The van der Waals surface area contributed by atoms with Crippen molar-refractivity contribution in [2.24, 2.45) is 0 Å². The third-order valence-corrected chi connectivity index (χ3v) is 2.95. The summed E-state index contributed by atoms with van der Waals surface area (Å²) in [5.74, 6) is 0.808. The normalized spacial score (nSPS) is 11.9. The number of hydrogen-bond acceptors (Lipinski definition) is 4. The van der Waals surface area contributed by atoms with Crippen LogP contribution >= 0.6 is 0 Å². The molecule has 0 aliphatic rings. The Balaban J connectivity index is 2.11. The van der Waals surface area contributed by atoms with Gasteiger partial charge in [-0.2, -0.15) is 0 Å². The van der Waals surface area contributed by atoms with E-state index in [2.05, 4.69) is 10.3 Å². The van der Waals surface area contributed by atoms with Crippen molar-refractivity contribution in [2.75, 3.05) is 19.0 Å². The van der Waals surface area contributed by atoms with Crippen LogP contribution in [0.15, 0.2) is 42.6 Å². The molecule has 0 saturated heterocycles. The van der Waals surface area contributed by atoms with Gasteiger partial charge in [0.1, 0.15) is 5.75 Å². The molecule has 1 aromatic heterocycles. The van der Waals surface area contributed by atoms with Crippen LogP contribution in [0.1, 0.15) is 17.3 Å². The number of rotatable bonds is 5. The van der Waals surface area contributed by atoms with Crippen LogP contribution < -0.4 is 10.1 Å². The molecule has 4 heteroatoms. The standard InChI is InChI=1S/C15H18N2O2/c1-11-3-4-12(9-16-11)15(10-18)17-13-5-7-14(19-2)8-6-13/h3-9,15,17-18H,10H2,1-2H3. The number of ether oxygens (including phenoxy) is 1. The first-order chi connectivity index (χ1) is 9.22. The molecule has 0 aliphatic carbocycles. The Kier molecular flexibility index (Phi) is 4.36. The second-order valence-corrected chi connectivity index (χ2v) is 4.34. The minimum atomic E-state index is -0.165. The summed E-state index contributed by atoms with van der Waals surface area (Å²) >= 11 is 0. The van der Waals surface area contributed by atoms with Gasteiger partial charge in [0.2, 0.25) is 0 Å². The fraction of sp³-hybridized carbons (Fsp3) is 0.267. The molecule has 0 amide bonds. The number of aliphatic hydroxyl groups is 1. The maximum atomic E-state index is 9.50. The zero-order chi connectivity index (χ0) is 13.7. The van der Waals surface area contributed by atoms with Crippen LogP contribution in [0.4, 0.5) is 5.69 Å². The van der Waals surface area contributed by atoms with Crippen molar-refractivity contribution < 1.29 is 9.84 Å². The lowest BCUT2D eigenvalue weighted by atomic mass is 10.1. The van der Waals surface area contributed by atoms with E-state index in [1.54, 1.807) is 13.3 Å². The highest BCUT2D eigenvalue weighted by atomic mass is 16.5. The topological polar surface area (TPSA) is 54.4 Å². The van der Waals surface area contributed by atoms with Gasteiger partial charge in [-0.1, -0.05) is 6.07 Å². The summed E-state index contributed by atoms with van der Waals surface area (Å²) in [5, 5.41) is 12.8. The number of pyridine rings is 1. The molecule has 0 radical (unpaired) electrons. The lowest BCUT2D eigenvalue weighted by molar-refractivity contribution is 0.276. The number of aryl methyl sites for hydroxylation is 1. The van der Waals surface area contributed by atoms with Crippen LogP contribution in [0.3, 0.4) is 0 Å². The van der Waals surface area contributed by atoms with Gasteiger partial charge in [-0.3, -0.25) is 4.98 Å². The maximum Gasteiger partial charge on any atom is 0.119 e. The van der Waals surface area contributed by atoms with E-state index in [0.29, 0.717) is 0 Å². The fourth-order valence-electron chi connectivity index (χ4n) is 1.81. The fourth-order valence-corrected chi connectivity index (χ4v) is 1.81. The number of anilines is 1. The number of aromatic nitrogens is 1. The largest absolute Gasteiger partial charge is 0.497 e. The minimum absolute atomic E-state index is 0.0107. The van der Waals surface area contributed by atoms with E-state index >= 15 is 0 Å². The van der Waals surface area contributed by atoms with E-state index in [1.807, 2.05) is 43.3 Å². The highest BCUT2D eigenvalue weighted by Crippen LogP contribution is 2.21. The van der Waals surface area contributed by atoms with Gasteiger partial charge in [0.15, 0.2) is 0 Å². The van der Waals surface area contributed by atoms with Crippen molar-refractivity contribution in [1.29, 1.82) is 0 Å². The zero-order valence-corrected chi connectivity index (χ0v) is 11.1. The number of nitrogens with one attached hydrogen (secondary N) is 1. The van der Waals surface area contributed by atoms with Gasteiger partial charge in [0.25, 0.3) is 0 Å². The second kappa shape index (κ2) is 6.20. The number of methoxy groups -OCH3 is 1. The first-order valence-electron chi connectivity index (χ1n) is 6.17. The van der Waals surface area contributed by atoms with Gasteiger partial charge < -0.3 is 15.2 Å². The van der Waals surface area contributed by atoms with Crippen molar-refractivity contribution >= 4 is 5.69 Å². The molecule has 0 saturated carbocycles. The third-order valence-electron chi connectivity index (χ3n) is 2.95. The molecular formula is C15H18N2O2. The molecule has 4 nitrogen and oxygen atoms in total. The Hall–Kier alpha value is -2.07. The Morgan fingerprint density at radius 2 is 1.95 bits per heavy atom. The van der Waals surface area contributed by atoms with E-state index in [-0.39, 0.29) is 12.6 Å².